The topological polar surface area (TPSA) is 131 Å². The maximum Gasteiger partial charge on any atom is 0.272 e. The van der Waals surface area contributed by atoms with Crippen molar-refractivity contribution in [3.8, 4) is 0 Å². The average Bonchev–Trinajstić information content (AvgIpc) is 3.09. The van der Waals surface area contributed by atoms with Crippen molar-refractivity contribution < 1.29 is 14.4 Å². The van der Waals surface area contributed by atoms with E-state index in [4.69, 9.17) is 11.5 Å². The molecule has 30 heavy (non-hydrogen) atoms. The van der Waals surface area contributed by atoms with Gasteiger partial charge < -0.3 is 16.8 Å². The fourth-order valence-electron chi connectivity index (χ4n) is 3.02. The highest BCUT2D eigenvalue weighted by Crippen LogP contribution is 2.28. The number of nitrogens with one attached hydrogen (secondary N) is 1. The molecule has 3 amide bonds. The predicted octanol–water partition coefficient (Wildman–Crippen LogP) is 2.80. The van der Waals surface area contributed by atoms with Gasteiger partial charge in [-0.05, 0) is 42.4 Å². The van der Waals surface area contributed by atoms with Crippen molar-refractivity contribution in [2.24, 2.45) is 11.7 Å². The standard InChI is InChI=1S/C21H29N5O3S/c1-4-8-15(20(28)24-12-11-13(2)3)26(14-9-6-5-7-10-14)21(29)18-16(22)17(19(23)27)25-30-18/h5-7,9-10,13,15H,4,8,11-12,22H2,1-3H3,(H2,23,27)(H,24,28)/t15-/m1/s1. The number of benzene rings is 1. The summed E-state index contributed by atoms with van der Waals surface area (Å²) in [5.74, 6) is -1.06. The van der Waals surface area contributed by atoms with Crippen molar-refractivity contribution in [3.05, 3.63) is 40.9 Å². The fourth-order valence-corrected chi connectivity index (χ4v) is 3.76. The van der Waals surface area contributed by atoms with Crippen LogP contribution in [0, 0.1) is 5.92 Å². The number of nitrogen functional groups attached to an aromatic ring is 1. The van der Waals surface area contributed by atoms with Gasteiger partial charge in [-0.1, -0.05) is 45.4 Å². The van der Waals surface area contributed by atoms with E-state index in [0.29, 0.717) is 31.0 Å². The summed E-state index contributed by atoms with van der Waals surface area (Å²) in [5, 5.41) is 2.94. The minimum atomic E-state index is -0.800. The smallest absolute Gasteiger partial charge is 0.272 e. The Labute approximate surface area is 180 Å². The normalized spacial score (nSPS) is 11.9. The first kappa shape index (κ1) is 23.3. The lowest BCUT2D eigenvalue weighted by Gasteiger charge is -2.31. The highest BCUT2D eigenvalue weighted by Gasteiger charge is 2.34. The Morgan fingerprint density at radius 3 is 2.37 bits per heavy atom. The lowest BCUT2D eigenvalue weighted by Crippen LogP contribution is -2.50. The molecule has 1 aromatic heterocycles. The minimum absolute atomic E-state index is 0.0612. The van der Waals surface area contributed by atoms with Crippen molar-refractivity contribution in [2.75, 3.05) is 17.2 Å². The highest BCUT2D eigenvalue weighted by molar-refractivity contribution is 7.09. The molecule has 0 fully saturated rings. The van der Waals surface area contributed by atoms with Crippen LogP contribution in [0.25, 0.3) is 0 Å². The van der Waals surface area contributed by atoms with Crippen LogP contribution < -0.4 is 21.7 Å². The Hall–Kier alpha value is -2.94. The molecule has 9 heteroatoms. The monoisotopic (exact) mass is 431 g/mol. The molecular formula is C21H29N5O3S. The molecule has 0 aliphatic rings. The Morgan fingerprint density at radius 1 is 1.17 bits per heavy atom. The van der Waals surface area contributed by atoms with Crippen molar-refractivity contribution in [1.82, 2.24) is 9.69 Å². The zero-order valence-corrected chi connectivity index (χ0v) is 18.4. The number of carbonyl (C=O) groups is 3. The molecule has 0 saturated heterocycles. The van der Waals surface area contributed by atoms with Gasteiger partial charge in [-0.3, -0.25) is 19.3 Å². The maximum atomic E-state index is 13.5. The van der Waals surface area contributed by atoms with Crippen LogP contribution in [0.15, 0.2) is 30.3 Å². The number of anilines is 2. The van der Waals surface area contributed by atoms with E-state index in [1.165, 1.54) is 4.90 Å². The number of hydrogen-bond donors (Lipinski definition) is 3. The zero-order valence-electron chi connectivity index (χ0n) is 17.6. The first-order chi connectivity index (χ1) is 14.3. The van der Waals surface area contributed by atoms with Gasteiger partial charge in [0.2, 0.25) is 5.91 Å². The second-order valence-corrected chi connectivity index (χ2v) is 8.20. The molecule has 5 N–H and O–H groups in total. The van der Waals surface area contributed by atoms with Gasteiger partial charge in [0, 0.05) is 12.2 Å². The van der Waals surface area contributed by atoms with Crippen LogP contribution in [0.3, 0.4) is 0 Å². The largest absolute Gasteiger partial charge is 0.395 e. The van der Waals surface area contributed by atoms with Crippen molar-refractivity contribution in [3.63, 3.8) is 0 Å². The molecule has 0 unspecified atom stereocenters. The summed E-state index contributed by atoms with van der Waals surface area (Å²) in [4.78, 5) is 39.6. The molecule has 162 valence electrons. The molecule has 0 aliphatic carbocycles. The summed E-state index contributed by atoms with van der Waals surface area (Å²) >= 11 is 0.806. The maximum absolute atomic E-state index is 13.5. The molecule has 1 aromatic carbocycles. The lowest BCUT2D eigenvalue weighted by molar-refractivity contribution is -0.122. The van der Waals surface area contributed by atoms with E-state index >= 15 is 0 Å². The number of para-hydroxylation sites is 1. The van der Waals surface area contributed by atoms with Crippen molar-refractivity contribution in [1.29, 1.82) is 0 Å². The molecule has 2 rings (SSSR count). The number of carbonyl (C=O) groups excluding carboxylic acids is 3. The Balaban J connectivity index is 2.43. The third-order valence-electron chi connectivity index (χ3n) is 4.61. The first-order valence-electron chi connectivity index (χ1n) is 9.99. The van der Waals surface area contributed by atoms with Gasteiger partial charge in [-0.2, -0.15) is 4.37 Å². The number of primary amides is 1. The van der Waals surface area contributed by atoms with Crippen LogP contribution in [0.4, 0.5) is 11.4 Å². The summed E-state index contributed by atoms with van der Waals surface area (Å²) in [6, 6.07) is 8.20. The van der Waals surface area contributed by atoms with Gasteiger partial charge in [0.25, 0.3) is 11.8 Å². The number of rotatable bonds is 10. The summed E-state index contributed by atoms with van der Waals surface area (Å²) < 4.78 is 3.93. The van der Waals surface area contributed by atoms with Crippen molar-refractivity contribution >= 4 is 40.6 Å². The molecule has 0 aliphatic heterocycles. The Morgan fingerprint density at radius 2 is 1.83 bits per heavy atom. The third-order valence-corrected chi connectivity index (χ3v) is 5.46. The lowest BCUT2D eigenvalue weighted by atomic mass is 10.1. The van der Waals surface area contributed by atoms with Crippen LogP contribution in [0.1, 0.15) is 60.2 Å². The van der Waals surface area contributed by atoms with Crippen LogP contribution in [-0.4, -0.2) is 34.7 Å². The highest BCUT2D eigenvalue weighted by atomic mass is 32.1. The molecule has 0 radical (unpaired) electrons. The molecular weight excluding hydrogens is 402 g/mol. The Bertz CT molecular complexity index is 882. The molecule has 1 atom stereocenters. The fraction of sp³-hybridized carbons (Fsp3) is 0.429. The van der Waals surface area contributed by atoms with Gasteiger partial charge in [0.05, 0.1) is 5.69 Å². The van der Waals surface area contributed by atoms with E-state index in [9.17, 15) is 14.4 Å². The second-order valence-electron chi connectivity index (χ2n) is 7.43. The van der Waals surface area contributed by atoms with E-state index in [0.717, 1.165) is 18.0 Å². The molecule has 0 saturated carbocycles. The average molecular weight is 432 g/mol. The van der Waals surface area contributed by atoms with Crippen molar-refractivity contribution in [2.45, 2.75) is 46.1 Å². The number of nitrogens with two attached hydrogens (primary N) is 2. The number of hydrogen-bond acceptors (Lipinski definition) is 6. The third kappa shape index (κ3) is 5.56. The van der Waals surface area contributed by atoms with E-state index in [1.807, 2.05) is 13.0 Å². The van der Waals surface area contributed by atoms with Crippen LogP contribution in [-0.2, 0) is 4.79 Å². The summed E-state index contributed by atoms with van der Waals surface area (Å²) in [6.45, 7) is 6.65. The van der Waals surface area contributed by atoms with E-state index < -0.39 is 17.9 Å². The molecule has 2 aromatic rings. The summed E-state index contributed by atoms with van der Waals surface area (Å²) in [7, 11) is 0. The second kappa shape index (κ2) is 10.7. The number of aromatic nitrogens is 1. The quantitative estimate of drug-likeness (QED) is 0.532. The predicted molar refractivity (Wildman–Crippen MR) is 119 cm³/mol. The molecule has 8 nitrogen and oxygen atoms in total. The van der Waals surface area contributed by atoms with E-state index in [-0.39, 0.29) is 22.2 Å². The van der Waals surface area contributed by atoms with Gasteiger partial charge in [-0.25, -0.2) is 0 Å². The Kier molecular flexibility index (Phi) is 8.35. The minimum Gasteiger partial charge on any atom is -0.395 e. The van der Waals surface area contributed by atoms with Crippen LogP contribution in [0.5, 0.6) is 0 Å². The van der Waals surface area contributed by atoms with Gasteiger partial charge >= 0.3 is 0 Å². The van der Waals surface area contributed by atoms with Gasteiger partial charge in [-0.15, -0.1) is 0 Å². The number of amides is 3. The molecule has 1 heterocycles. The van der Waals surface area contributed by atoms with Crippen LogP contribution in [0.2, 0.25) is 0 Å². The summed E-state index contributed by atoms with van der Waals surface area (Å²) in [6.07, 6.45) is 2.01. The number of nitrogens with zero attached hydrogens (tertiary/aromatic N) is 2. The van der Waals surface area contributed by atoms with Crippen LogP contribution >= 0.6 is 11.5 Å². The SMILES string of the molecule is CCC[C@H](C(=O)NCCC(C)C)N(C(=O)c1snc(C(N)=O)c1N)c1ccccc1. The first-order valence-corrected chi connectivity index (χ1v) is 10.8. The van der Waals surface area contributed by atoms with Gasteiger partial charge in [0.15, 0.2) is 5.69 Å². The summed E-state index contributed by atoms with van der Waals surface area (Å²) in [5.41, 5.74) is 11.6. The zero-order chi connectivity index (χ0) is 22.3. The molecule has 0 bridgehead atoms. The molecule has 0 spiro atoms. The van der Waals surface area contributed by atoms with E-state index in [1.54, 1.807) is 24.3 Å². The van der Waals surface area contributed by atoms with Gasteiger partial charge in [0.1, 0.15) is 10.9 Å². The van der Waals surface area contributed by atoms with E-state index in [2.05, 4.69) is 23.5 Å².